The molecule has 0 fully saturated rings. The van der Waals surface area contributed by atoms with Gasteiger partial charge in [0.2, 0.25) is 0 Å². The third-order valence-electron chi connectivity index (χ3n) is 0.277. The largest absolute Gasteiger partial charge is 0.465 e. The molecule has 2 N–H and O–H groups in total. The van der Waals surface area contributed by atoms with Gasteiger partial charge in [0, 0.05) is 7.11 Å². The molecule has 0 aliphatic rings. The van der Waals surface area contributed by atoms with E-state index in [-0.39, 0.29) is 13.2 Å². The Morgan fingerprint density at radius 1 is 1.62 bits per heavy atom. The lowest BCUT2D eigenvalue weighted by Gasteiger charge is -1.86. The maximum atomic E-state index is 9.23. The Kier molecular flexibility index (Phi) is 21.0. The van der Waals surface area contributed by atoms with Crippen LogP contribution in [0.2, 0.25) is 0 Å². The van der Waals surface area contributed by atoms with Crippen molar-refractivity contribution in [2.75, 3.05) is 20.3 Å². The van der Waals surface area contributed by atoms with E-state index >= 15 is 0 Å². The van der Waals surface area contributed by atoms with E-state index in [4.69, 9.17) is 10.2 Å². The zero-order valence-corrected chi connectivity index (χ0v) is 4.70. The average Bonchev–Trinajstić information content (AvgIpc) is 1.88. The zero-order chi connectivity index (χ0) is 6.83. The summed E-state index contributed by atoms with van der Waals surface area (Å²) in [4.78, 5) is 9.23. The third-order valence-corrected chi connectivity index (χ3v) is 0.277. The van der Waals surface area contributed by atoms with Crippen LogP contribution in [0.5, 0.6) is 0 Å². The summed E-state index contributed by atoms with van der Waals surface area (Å²) in [6.45, 7) is 0.304. The van der Waals surface area contributed by atoms with Gasteiger partial charge in [-0.2, -0.15) is 0 Å². The number of aliphatic hydroxyl groups excluding tert-OH is 2. The number of rotatable bonds is 3. The van der Waals surface area contributed by atoms with Gasteiger partial charge in [0.15, 0.2) is 0 Å². The van der Waals surface area contributed by atoms with Crippen molar-refractivity contribution in [3.05, 3.63) is 0 Å². The number of carbonyl (C=O) groups is 1. The summed E-state index contributed by atoms with van der Waals surface area (Å²) in [6, 6.07) is 0. The van der Waals surface area contributed by atoms with E-state index in [1.54, 1.807) is 0 Å². The fourth-order valence-electron chi connectivity index (χ4n) is 0.101. The van der Waals surface area contributed by atoms with Crippen LogP contribution in [0.15, 0.2) is 0 Å². The molecule has 0 aromatic heterocycles. The average molecular weight is 122 g/mol. The third kappa shape index (κ3) is 18.2. The molecule has 0 amide bonds. The molecular formula is C4H10O4. The Hall–Kier alpha value is -0.610. The number of hydrogen-bond donors (Lipinski definition) is 2. The molecule has 0 spiro atoms. The fourth-order valence-corrected chi connectivity index (χ4v) is 0.101. The minimum atomic E-state index is -0.0985. The van der Waals surface area contributed by atoms with Crippen molar-refractivity contribution < 1.29 is 19.7 Å². The van der Waals surface area contributed by atoms with Crippen molar-refractivity contribution >= 4 is 6.47 Å². The van der Waals surface area contributed by atoms with Crippen LogP contribution in [-0.4, -0.2) is 37.0 Å². The van der Waals surface area contributed by atoms with Gasteiger partial charge >= 0.3 is 0 Å². The van der Waals surface area contributed by atoms with Crippen LogP contribution in [0.4, 0.5) is 0 Å². The number of hydrogen-bond acceptors (Lipinski definition) is 4. The predicted octanol–water partition coefficient (Wildman–Crippen LogP) is -1.24. The summed E-state index contributed by atoms with van der Waals surface area (Å²) >= 11 is 0. The SMILES string of the molecule is CO.O=COCCO. The first-order valence-electron chi connectivity index (χ1n) is 2.02. The molecule has 4 nitrogen and oxygen atoms in total. The first kappa shape index (κ1) is 10.4. The molecule has 50 valence electrons. The molecule has 4 heteroatoms. The summed E-state index contributed by atoms with van der Waals surface area (Å²) in [5.41, 5.74) is 0. The first-order chi connectivity index (χ1) is 3.91. The predicted molar refractivity (Wildman–Crippen MR) is 27.2 cm³/mol. The molecule has 0 saturated carbocycles. The quantitative estimate of drug-likeness (QED) is 0.363. The molecule has 0 heterocycles. The molecule has 0 saturated heterocycles. The summed E-state index contributed by atoms with van der Waals surface area (Å²) < 4.78 is 4.05. The van der Waals surface area contributed by atoms with Crippen LogP contribution in [-0.2, 0) is 9.53 Å². The maximum absolute atomic E-state index is 9.23. The van der Waals surface area contributed by atoms with Crippen LogP contribution >= 0.6 is 0 Å². The van der Waals surface area contributed by atoms with Crippen molar-refractivity contribution in [1.82, 2.24) is 0 Å². The summed E-state index contributed by atoms with van der Waals surface area (Å²) in [5, 5.41) is 14.9. The van der Waals surface area contributed by atoms with Crippen molar-refractivity contribution in [3.8, 4) is 0 Å². The molecule has 0 aliphatic carbocycles. The van der Waals surface area contributed by atoms with Gasteiger partial charge in [0.25, 0.3) is 6.47 Å². The van der Waals surface area contributed by atoms with Gasteiger partial charge in [0.1, 0.15) is 6.61 Å². The van der Waals surface area contributed by atoms with Gasteiger partial charge in [-0.05, 0) is 0 Å². The Morgan fingerprint density at radius 3 is 2.25 bits per heavy atom. The van der Waals surface area contributed by atoms with E-state index in [9.17, 15) is 4.79 Å². The lowest BCUT2D eigenvalue weighted by molar-refractivity contribution is -0.129. The number of ether oxygens (including phenoxy) is 1. The highest BCUT2D eigenvalue weighted by Gasteiger charge is 1.72. The highest BCUT2D eigenvalue weighted by Crippen LogP contribution is 1.58. The normalized spacial score (nSPS) is 6.38. The van der Waals surface area contributed by atoms with Gasteiger partial charge in [-0.1, -0.05) is 0 Å². The van der Waals surface area contributed by atoms with E-state index in [2.05, 4.69) is 4.74 Å². The molecular weight excluding hydrogens is 112 g/mol. The van der Waals surface area contributed by atoms with E-state index in [1.807, 2.05) is 0 Å². The smallest absolute Gasteiger partial charge is 0.293 e. The summed E-state index contributed by atoms with van der Waals surface area (Å²) in [7, 11) is 1.00. The molecule has 8 heavy (non-hydrogen) atoms. The Labute approximate surface area is 47.7 Å². The first-order valence-corrected chi connectivity index (χ1v) is 2.02. The van der Waals surface area contributed by atoms with E-state index < -0.39 is 0 Å². The van der Waals surface area contributed by atoms with Crippen molar-refractivity contribution in [3.63, 3.8) is 0 Å². The topological polar surface area (TPSA) is 66.8 Å². The minimum absolute atomic E-state index is 0.0985. The van der Waals surface area contributed by atoms with Gasteiger partial charge in [-0.15, -0.1) is 0 Å². The maximum Gasteiger partial charge on any atom is 0.293 e. The van der Waals surface area contributed by atoms with E-state index in [0.717, 1.165) is 7.11 Å². The molecule has 0 radical (unpaired) electrons. The van der Waals surface area contributed by atoms with Crippen LogP contribution in [0.1, 0.15) is 0 Å². The van der Waals surface area contributed by atoms with Crippen LogP contribution in [0.25, 0.3) is 0 Å². The van der Waals surface area contributed by atoms with Crippen molar-refractivity contribution in [2.45, 2.75) is 0 Å². The molecule has 0 rings (SSSR count). The highest BCUT2D eigenvalue weighted by molar-refractivity contribution is 5.36. The highest BCUT2D eigenvalue weighted by atomic mass is 16.5. The Morgan fingerprint density at radius 2 is 2.12 bits per heavy atom. The van der Waals surface area contributed by atoms with Gasteiger partial charge in [0.05, 0.1) is 6.61 Å². The second kappa shape index (κ2) is 16.2. The molecule has 0 aromatic rings. The monoisotopic (exact) mass is 122 g/mol. The second-order valence-electron chi connectivity index (χ2n) is 0.691. The minimum Gasteiger partial charge on any atom is -0.465 e. The standard InChI is InChI=1S/C3H6O3.CH4O/c4-1-2-6-3-5;1-2/h3-4H,1-2H2;2H,1H3. The lowest BCUT2D eigenvalue weighted by Crippen LogP contribution is -1.95. The van der Waals surface area contributed by atoms with Crippen molar-refractivity contribution in [2.24, 2.45) is 0 Å². The van der Waals surface area contributed by atoms with E-state index in [1.165, 1.54) is 0 Å². The lowest BCUT2D eigenvalue weighted by atomic mass is 10.8. The van der Waals surface area contributed by atoms with E-state index in [0.29, 0.717) is 6.47 Å². The molecule has 0 atom stereocenters. The summed E-state index contributed by atoms with van der Waals surface area (Å²) in [6.07, 6.45) is 0. The Bertz CT molecular complexity index is 37.0. The van der Waals surface area contributed by atoms with Crippen LogP contribution in [0, 0.1) is 0 Å². The molecule has 0 bridgehead atoms. The zero-order valence-electron chi connectivity index (χ0n) is 4.70. The molecule has 0 unspecified atom stereocenters. The van der Waals surface area contributed by atoms with Crippen LogP contribution < -0.4 is 0 Å². The van der Waals surface area contributed by atoms with Gasteiger partial charge in [-0.25, -0.2) is 0 Å². The van der Waals surface area contributed by atoms with Crippen LogP contribution in [0.3, 0.4) is 0 Å². The molecule has 0 aromatic carbocycles. The molecule has 0 aliphatic heterocycles. The van der Waals surface area contributed by atoms with Crippen molar-refractivity contribution in [1.29, 1.82) is 0 Å². The second-order valence-corrected chi connectivity index (χ2v) is 0.691. The fraction of sp³-hybridized carbons (Fsp3) is 0.750. The summed E-state index contributed by atoms with van der Waals surface area (Å²) in [5.74, 6) is 0. The number of carbonyl (C=O) groups excluding carboxylic acids is 1. The van der Waals surface area contributed by atoms with Gasteiger partial charge in [-0.3, -0.25) is 4.79 Å². The van der Waals surface area contributed by atoms with Gasteiger partial charge < -0.3 is 14.9 Å². The Balaban J connectivity index is 0. The number of aliphatic hydroxyl groups is 2.